The molecule has 1 heterocycles. The molecule has 35 heavy (non-hydrogen) atoms. The van der Waals surface area contributed by atoms with Gasteiger partial charge >= 0.3 is 5.97 Å². The molecule has 0 aromatic heterocycles. The molecule has 4 rings (SSSR count). The van der Waals surface area contributed by atoms with Gasteiger partial charge in [-0.25, -0.2) is 9.18 Å². The topological polar surface area (TPSA) is 72.9 Å². The van der Waals surface area contributed by atoms with Crippen LogP contribution in [0.4, 0.5) is 9.18 Å². The third-order valence-corrected chi connectivity index (χ3v) is 6.05. The Morgan fingerprint density at radius 1 is 1.03 bits per heavy atom. The highest BCUT2D eigenvalue weighted by atomic mass is 32.2. The molecule has 0 N–H and O–H groups in total. The Morgan fingerprint density at radius 2 is 1.80 bits per heavy atom. The molecule has 0 atom stereocenters. The second kappa shape index (κ2) is 10.6. The molecule has 178 valence electrons. The maximum absolute atomic E-state index is 13.1. The van der Waals surface area contributed by atoms with E-state index in [0.29, 0.717) is 22.8 Å². The first-order chi connectivity index (χ1) is 16.8. The van der Waals surface area contributed by atoms with Crippen molar-refractivity contribution < 1.29 is 28.2 Å². The number of carbonyl (C=O) groups is 3. The fourth-order valence-corrected chi connectivity index (χ4v) is 4.33. The Kier molecular flexibility index (Phi) is 7.31. The molecule has 1 fully saturated rings. The quantitative estimate of drug-likeness (QED) is 0.230. The van der Waals surface area contributed by atoms with Gasteiger partial charge in [-0.3, -0.25) is 14.5 Å². The van der Waals surface area contributed by atoms with Crippen LogP contribution >= 0.6 is 11.8 Å². The molecule has 0 spiro atoms. The van der Waals surface area contributed by atoms with Crippen LogP contribution in [0.2, 0.25) is 0 Å². The molecular weight excluding hydrogens is 469 g/mol. The summed E-state index contributed by atoms with van der Waals surface area (Å²) in [6.07, 6.45) is 1.61. The summed E-state index contributed by atoms with van der Waals surface area (Å²) < 4.78 is 24.2. The lowest BCUT2D eigenvalue weighted by Crippen LogP contribution is -2.27. The number of carbonyl (C=O) groups excluding carboxylic acids is 3. The first-order valence-corrected chi connectivity index (χ1v) is 11.7. The zero-order chi connectivity index (χ0) is 24.9. The van der Waals surface area contributed by atoms with Crippen molar-refractivity contribution in [1.29, 1.82) is 0 Å². The average molecular weight is 492 g/mol. The first kappa shape index (κ1) is 24.2. The minimum absolute atomic E-state index is 0.186. The fourth-order valence-electron chi connectivity index (χ4n) is 3.49. The number of nitrogens with zero attached hydrogens (tertiary/aromatic N) is 1. The minimum atomic E-state index is -0.657. The van der Waals surface area contributed by atoms with Crippen LogP contribution in [-0.2, 0) is 11.3 Å². The maximum Gasteiger partial charge on any atom is 0.343 e. The number of amides is 2. The monoisotopic (exact) mass is 491 g/mol. The minimum Gasteiger partial charge on any atom is -0.490 e. The highest BCUT2D eigenvalue weighted by Crippen LogP contribution is 2.35. The zero-order valence-corrected chi connectivity index (χ0v) is 19.9. The van der Waals surface area contributed by atoms with E-state index in [4.69, 9.17) is 9.47 Å². The van der Waals surface area contributed by atoms with Crippen molar-refractivity contribution in [2.24, 2.45) is 0 Å². The van der Waals surface area contributed by atoms with Crippen molar-refractivity contribution in [2.45, 2.75) is 20.4 Å². The van der Waals surface area contributed by atoms with Crippen molar-refractivity contribution in [1.82, 2.24) is 4.90 Å². The summed E-state index contributed by atoms with van der Waals surface area (Å²) >= 11 is 0.874. The standard InChI is InChI=1S/C27H22FNO5S/c1-3-33-23-14-18(7-12-22(23)34-26(31)20-8-10-21(28)11-9-20)15-24-25(30)29(27(32)35-24)16-19-6-4-5-17(2)13-19/h4-15H,3,16H2,1-2H3/b24-15-. The molecule has 0 bridgehead atoms. The van der Waals surface area contributed by atoms with Gasteiger partial charge in [-0.2, -0.15) is 0 Å². The van der Waals surface area contributed by atoms with E-state index in [9.17, 15) is 18.8 Å². The van der Waals surface area contributed by atoms with Gasteiger partial charge in [-0.1, -0.05) is 35.9 Å². The molecule has 0 unspecified atom stereocenters. The molecule has 1 aliphatic heterocycles. The Labute approximate surface area is 206 Å². The van der Waals surface area contributed by atoms with Crippen LogP contribution in [0.25, 0.3) is 6.08 Å². The predicted molar refractivity (Wildman–Crippen MR) is 132 cm³/mol. The summed E-state index contributed by atoms with van der Waals surface area (Å²) in [5.74, 6) is -0.993. The molecule has 0 aliphatic carbocycles. The van der Waals surface area contributed by atoms with E-state index in [0.717, 1.165) is 22.9 Å². The van der Waals surface area contributed by atoms with E-state index >= 15 is 0 Å². The molecule has 1 aliphatic rings. The van der Waals surface area contributed by atoms with E-state index in [2.05, 4.69) is 0 Å². The summed E-state index contributed by atoms with van der Waals surface area (Å²) in [5, 5.41) is -0.336. The van der Waals surface area contributed by atoms with Gasteiger partial charge in [0.1, 0.15) is 5.82 Å². The van der Waals surface area contributed by atoms with Gasteiger partial charge in [0.05, 0.1) is 23.6 Å². The van der Waals surface area contributed by atoms with Gasteiger partial charge in [-0.05, 0) is 79.2 Å². The summed E-state index contributed by atoms with van der Waals surface area (Å²) in [7, 11) is 0. The Morgan fingerprint density at radius 3 is 2.51 bits per heavy atom. The lowest BCUT2D eigenvalue weighted by atomic mass is 10.1. The average Bonchev–Trinajstić information content (AvgIpc) is 3.08. The molecule has 3 aromatic carbocycles. The highest BCUT2D eigenvalue weighted by Gasteiger charge is 2.35. The zero-order valence-electron chi connectivity index (χ0n) is 19.1. The van der Waals surface area contributed by atoms with Gasteiger partial charge in [0.15, 0.2) is 11.5 Å². The fraction of sp³-hybridized carbons (Fsp3) is 0.148. The van der Waals surface area contributed by atoms with Crippen LogP contribution in [0, 0.1) is 12.7 Å². The normalized spacial score (nSPS) is 14.5. The van der Waals surface area contributed by atoms with Crippen molar-refractivity contribution in [3.63, 3.8) is 0 Å². The van der Waals surface area contributed by atoms with Crippen LogP contribution < -0.4 is 9.47 Å². The number of thioether (sulfide) groups is 1. The van der Waals surface area contributed by atoms with Gasteiger partial charge in [0, 0.05) is 0 Å². The Balaban J connectivity index is 1.53. The second-order valence-electron chi connectivity index (χ2n) is 7.79. The summed E-state index contributed by atoms with van der Waals surface area (Å²) in [5.41, 5.74) is 2.73. The molecule has 3 aromatic rings. The number of ether oxygens (including phenoxy) is 2. The van der Waals surface area contributed by atoms with Crippen molar-refractivity contribution >= 4 is 35.0 Å². The molecule has 2 amide bonds. The lowest BCUT2D eigenvalue weighted by Gasteiger charge is -2.13. The molecule has 0 saturated carbocycles. The molecular formula is C27H22FNO5S. The van der Waals surface area contributed by atoms with Crippen molar-refractivity contribution in [2.75, 3.05) is 6.61 Å². The number of rotatable bonds is 7. The number of hydrogen-bond donors (Lipinski definition) is 0. The van der Waals surface area contributed by atoms with Crippen LogP contribution in [0.1, 0.15) is 34.0 Å². The van der Waals surface area contributed by atoms with E-state index < -0.39 is 11.8 Å². The van der Waals surface area contributed by atoms with Gasteiger partial charge in [0.25, 0.3) is 11.1 Å². The SMILES string of the molecule is CCOc1cc(/C=C2\SC(=O)N(Cc3cccc(C)c3)C2=O)ccc1OC(=O)c1ccc(F)cc1. The first-order valence-electron chi connectivity index (χ1n) is 10.9. The number of imide groups is 1. The number of halogens is 1. The van der Waals surface area contributed by atoms with E-state index in [1.807, 2.05) is 31.2 Å². The van der Waals surface area contributed by atoms with Gasteiger partial charge in [-0.15, -0.1) is 0 Å². The van der Waals surface area contributed by atoms with E-state index in [-0.39, 0.29) is 29.0 Å². The summed E-state index contributed by atoms with van der Waals surface area (Å²) in [6, 6.07) is 17.5. The second-order valence-corrected chi connectivity index (χ2v) is 8.79. The number of esters is 1. The Hall–Kier alpha value is -3.91. The van der Waals surface area contributed by atoms with Gasteiger partial charge in [0.2, 0.25) is 0 Å². The van der Waals surface area contributed by atoms with Crippen LogP contribution in [-0.4, -0.2) is 28.6 Å². The van der Waals surface area contributed by atoms with Gasteiger partial charge < -0.3 is 9.47 Å². The summed E-state index contributed by atoms with van der Waals surface area (Å²) in [6.45, 7) is 4.26. The largest absolute Gasteiger partial charge is 0.490 e. The van der Waals surface area contributed by atoms with Crippen molar-refractivity contribution in [3.05, 3.63) is 99.7 Å². The molecule has 0 radical (unpaired) electrons. The van der Waals surface area contributed by atoms with Crippen LogP contribution in [0.15, 0.2) is 71.6 Å². The maximum atomic E-state index is 13.1. The third kappa shape index (κ3) is 5.78. The smallest absolute Gasteiger partial charge is 0.343 e. The highest BCUT2D eigenvalue weighted by molar-refractivity contribution is 8.18. The number of benzene rings is 3. The van der Waals surface area contributed by atoms with Crippen LogP contribution in [0.5, 0.6) is 11.5 Å². The molecule has 6 nitrogen and oxygen atoms in total. The van der Waals surface area contributed by atoms with E-state index in [1.165, 1.54) is 29.2 Å². The number of hydrogen-bond acceptors (Lipinski definition) is 6. The third-order valence-electron chi connectivity index (χ3n) is 5.14. The predicted octanol–water partition coefficient (Wildman–Crippen LogP) is 5.99. The molecule has 1 saturated heterocycles. The summed E-state index contributed by atoms with van der Waals surface area (Å²) in [4.78, 5) is 39.3. The number of aryl methyl sites for hydroxylation is 1. The van der Waals surface area contributed by atoms with Crippen LogP contribution in [0.3, 0.4) is 0 Å². The lowest BCUT2D eigenvalue weighted by molar-refractivity contribution is -0.123. The Bertz CT molecular complexity index is 1320. The van der Waals surface area contributed by atoms with E-state index in [1.54, 1.807) is 31.2 Å². The van der Waals surface area contributed by atoms with Crippen molar-refractivity contribution in [3.8, 4) is 11.5 Å². The molecule has 8 heteroatoms.